The summed E-state index contributed by atoms with van der Waals surface area (Å²) in [5.74, 6) is 0.220. The van der Waals surface area contributed by atoms with Gasteiger partial charge in [-0.1, -0.05) is 49.9 Å². The molecule has 0 radical (unpaired) electrons. The number of aryl methyl sites for hydroxylation is 1. The van der Waals surface area contributed by atoms with Crippen molar-refractivity contribution in [2.75, 3.05) is 10.0 Å². The average molecular weight is 574 g/mol. The van der Waals surface area contributed by atoms with Crippen LogP contribution in [-0.2, 0) is 6.42 Å². The van der Waals surface area contributed by atoms with Crippen molar-refractivity contribution in [1.29, 1.82) is 0 Å². The van der Waals surface area contributed by atoms with Crippen molar-refractivity contribution >= 4 is 46.2 Å². The minimum Gasteiger partial charge on any atom is -0.387 e. The van der Waals surface area contributed by atoms with Crippen molar-refractivity contribution in [3.63, 3.8) is 0 Å². The first-order chi connectivity index (χ1) is 18.8. The molecule has 1 fully saturated rings. The number of fused-ring (bicyclic) bond motifs is 1. The van der Waals surface area contributed by atoms with E-state index in [-0.39, 0.29) is 11.4 Å². The van der Waals surface area contributed by atoms with Crippen LogP contribution in [-0.4, -0.2) is 27.4 Å². The van der Waals surface area contributed by atoms with Crippen LogP contribution in [0.15, 0.2) is 59.6 Å². The van der Waals surface area contributed by atoms with Gasteiger partial charge in [0, 0.05) is 28.1 Å². The van der Waals surface area contributed by atoms with E-state index in [0.29, 0.717) is 33.9 Å². The number of rotatable bonds is 8. The van der Waals surface area contributed by atoms with Gasteiger partial charge in [0.25, 0.3) is 0 Å². The lowest BCUT2D eigenvalue weighted by atomic mass is 9.96. The molecule has 204 valence electrons. The first kappa shape index (κ1) is 27.3. The predicted octanol–water partition coefficient (Wildman–Crippen LogP) is 8.67. The molecule has 1 aliphatic carbocycles. The standard InChI is InChI=1S/C28H27ClF3N5OS/c1-2-17-14-18(15-19-16-33-27(36-25(17)19)34-20-8-4-3-5-9-20)21-12-13-24(35-26(21)38-28(30,31)32)37-39-23-11-7-6-10-22(23)29/h6-7,10-16,20H,2-5,8-9H2,1H3,(H,35,37)(H,33,34,36). The molecule has 2 N–H and O–H groups in total. The fourth-order valence-electron chi connectivity index (χ4n) is 4.68. The molecule has 1 saturated carbocycles. The summed E-state index contributed by atoms with van der Waals surface area (Å²) < 4.78 is 47.4. The summed E-state index contributed by atoms with van der Waals surface area (Å²) in [5.41, 5.74) is 2.41. The van der Waals surface area contributed by atoms with Gasteiger partial charge in [0.05, 0.1) is 10.5 Å². The van der Waals surface area contributed by atoms with Gasteiger partial charge in [-0.2, -0.15) is 4.98 Å². The maximum absolute atomic E-state index is 13.4. The van der Waals surface area contributed by atoms with Crippen LogP contribution >= 0.6 is 23.5 Å². The van der Waals surface area contributed by atoms with E-state index in [1.54, 1.807) is 42.6 Å². The third-order valence-electron chi connectivity index (χ3n) is 6.57. The molecule has 11 heteroatoms. The molecule has 6 nitrogen and oxygen atoms in total. The lowest BCUT2D eigenvalue weighted by Gasteiger charge is -2.23. The lowest BCUT2D eigenvalue weighted by Crippen LogP contribution is -2.23. The Hall–Kier alpha value is -3.24. The summed E-state index contributed by atoms with van der Waals surface area (Å²) in [5, 5.41) is 4.69. The van der Waals surface area contributed by atoms with Gasteiger partial charge in [-0.05, 0) is 78.7 Å². The number of anilines is 2. The van der Waals surface area contributed by atoms with Gasteiger partial charge in [0.1, 0.15) is 5.82 Å². The Balaban J connectivity index is 1.47. The molecule has 2 heterocycles. The first-order valence-corrected chi connectivity index (χ1v) is 14.0. The summed E-state index contributed by atoms with van der Waals surface area (Å²) in [6.07, 6.45) is 3.27. The summed E-state index contributed by atoms with van der Waals surface area (Å²) in [6.45, 7) is 1.99. The zero-order valence-corrected chi connectivity index (χ0v) is 22.8. The van der Waals surface area contributed by atoms with E-state index in [9.17, 15) is 13.2 Å². The smallest absolute Gasteiger partial charge is 0.387 e. The molecular weight excluding hydrogens is 547 g/mol. The van der Waals surface area contributed by atoms with Gasteiger partial charge in [-0.25, -0.2) is 9.97 Å². The highest BCUT2D eigenvalue weighted by Crippen LogP contribution is 2.37. The molecule has 0 bridgehead atoms. The number of nitrogens with zero attached hydrogens (tertiary/aromatic N) is 3. The van der Waals surface area contributed by atoms with Crippen LogP contribution in [0.4, 0.5) is 24.9 Å². The normalized spacial score (nSPS) is 14.4. The SMILES string of the molecule is CCc1cc(-c2ccc(NSc3ccccc3Cl)nc2OC(F)(F)F)cc2cnc(NC3CCCCC3)nc12. The summed E-state index contributed by atoms with van der Waals surface area (Å²) in [4.78, 5) is 14.1. The number of hydrogen-bond donors (Lipinski definition) is 2. The summed E-state index contributed by atoms with van der Waals surface area (Å²) in [7, 11) is 0. The molecule has 2 aromatic heterocycles. The van der Waals surface area contributed by atoms with Crippen LogP contribution in [0.1, 0.15) is 44.6 Å². The Morgan fingerprint density at radius 1 is 1.05 bits per heavy atom. The van der Waals surface area contributed by atoms with Crippen LogP contribution in [0, 0.1) is 0 Å². The summed E-state index contributed by atoms with van der Waals surface area (Å²) in [6, 6.07) is 14.3. The minimum absolute atomic E-state index is 0.196. The van der Waals surface area contributed by atoms with E-state index >= 15 is 0 Å². The fraction of sp³-hybridized carbons (Fsp3) is 0.321. The lowest BCUT2D eigenvalue weighted by molar-refractivity contribution is -0.275. The van der Waals surface area contributed by atoms with Gasteiger partial charge >= 0.3 is 6.36 Å². The second-order valence-electron chi connectivity index (χ2n) is 9.33. The Morgan fingerprint density at radius 2 is 1.85 bits per heavy atom. The van der Waals surface area contributed by atoms with Gasteiger partial charge in [0.15, 0.2) is 0 Å². The zero-order chi connectivity index (χ0) is 27.4. The maximum Gasteiger partial charge on any atom is 0.574 e. The van der Waals surface area contributed by atoms with Crippen molar-refractivity contribution in [3.8, 4) is 17.0 Å². The van der Waals surface area contributed by atoms with Crippen LogP contribution < -0.4 is 14.8 Å². The number of aromatic nitrogens is 3. The Labute approximate surface area is 233 Å². The van der Waals surface area contributed by atoms with Crippen molar-refractivity contribution in [1.82, 2.24) is 15.0 Å². The number of ether oxygens (including phenoxy) is 1. The quantitative estimate of drug-likeness (QED) is 0.204. The molecule has 5 rings (SSSR count). The van der Waals surface area contributed by atoms with E-state index in [4.69, 9.17) is 16.6 Å². The second kappa shape index (κ2) is 11.9. The highest BCUT2D eigenvalue weighted by molar-refractivity contribution is 8.00. The molecule has 39 heavy (non-hydrogen) atoms. The van der Waals surface area contributed by atoms with Crippen molar-refractivity contribution in [2.45, 2.75) is 62.7 Å². The molecule has 0 atom stereocenters. The van der Waals surface area contributed by atoms with E-state index < -0.39 is 12.2 Å². The van der Waals surface area contributed by atoms with Gasteiger partial charge in [-0.3, -0.25) is 0 Å². The molecule has 0 amide bonds. The largest absolute Gasteiger partial charge is 0.574 e. The highest BCUT2D eigenvalue weighted by Gasteiger charge is 2.33. The van der Waals surface area contributed by atoms with Gasteiger partial charge < -0.3 is 14.8 Å². The monoisotopic (exact) mass is 573 g/mol. The fourth-order valence-corrected chi connectivity index (χ4v) is 5.57. The minimum atomic E-state index is -4.91. The second-order valence-corrected chi connectivity index (χ2v) is 10.6. The zero-order valence-electron chi connectivity index (χ0n) is 21.2. The Morgan fingerprint density at radius 3 is 2.59 bits per heavy atom. The van der Waals surface area contributed by atoms with Crippen LogP contribution in [0.3, 0.4) is 0 Å². The molecular formula is C28H27ClF3N5OS. The van der Waals surface area contributed by atoms with E-state index in [1.165, 1.54) is 19.3 Å². The van der Waals surface area contributed by atoms with Gasteiger partial charge in [-0.15, -0.1) is 13.2 Å². The maximum atomic E-state index is 13.4. The number of pyridine rings is 1. The summed E-state index contributed by atoms with van der Waals surface area (Å²) >= 11 is 7.33. The third kappa shape index (κ3) is 6.86. The highest BCUT2D eigenvalue weighted by atomic mass is 35.5. The average Bonchev–Trinajstić information content (AvgIpc) is 2.92. The molecule has 2 aromatic carbocycles. The van der Waals surface area contributed by atoms with Crippen LogP contribution in [0.25, 0.3) is 22.0 Å². The third-order valence-corrected chi connectivity index (χ3v) is 7.90. The van der Waals surface area contributed by atoms with Gasteiger partial charge in [0.2, 0.25) is 11.8 Å². The molecule has 0 aliphatic heterocycles. The molecule has 0 saturated heterocycles. The van der Waals surface area contributed by atoms with E-state index in [0.717, 1.165) is 41.3 Å². The number of alkyl halides is 3. The topological polar surface area (TPSA) is 72.0 Å². The van der Waals surface area contributed by atoms with Crippen LogP contribution in [0.2, 0.25) is 5.02 Å². The number of hydrogen-bond acceptors (Lipinski definition) is 7. The van der Waals surface area contributed by atoms with Crippen molar-refractivity contribution in [2.24, 2.45) is 0 Å². The predicted molar refractivity (Wildman–Crippen MR) is 150 cm³/mol. The number of nitrogens with one attached hydrogen (secondary N) is 2. The number of halogens is 4. The molecule has 0 unspecified atom stereocenters. The molecule has 0 spiro atoms. The number of benzene rings is 2. The van der Waals surface area contributed by atoms with Crippen molar-refractivity contribution < 1.29 is 17.9 Å². The van der Waals surface area contributed by atoms with Crippen LogP contribution in [0.5, 0.6) is 5.88 Å². The Kier molecular flexibility index (Phi) is 8.32. The van der Waals surface area contributed by atoms with E-state index in [1.807, 2.05) is 19.1 Å². The first-order valence-electron chi connectivity index (χ1n) is 12.8. The molecule has 1 aliphatic rings. The Bertz CT molecular complexity index is 1460. The van der Waals surface area contributed by atoms with E-state index in [2.05, 4.69) is 24.7 Å². The van der Waals surface area contributed by atoms with Crippen molar-refractivity contribution in [3.05, 3.63) is 65.3 Å². The molecule has 4 aromatic rings.